The molecule has 0 unspecified atom stereocenters. The SMILES string of the molecule is O=C(Nc1cc(F)ccc1[N+](=O)[O-])c1ccccc1. The molecule has 0 atom stereocenters. The van der Waals surface area contributed by atoms with Crippen molar-refractivity contribution in [1.82, 2.24) is 0 Å². The van der Waals surface area contributed by atoms with Gasteiger partial charge in [-0.2, -0.15) is 0 Å². The van der Waals surface area contributed by atoms with Crippen LogP contribution in [0, 0.1) is 15.9 Å². The highest BCUT2D eigenvalue weighted by atomic mass is 19.1. The highest BCUT2D eigenvalue weighted by Gasteiger charge is 2.17. The van der Waals surface area contributed by atoms with E-state index in [9.17, 15) is 19.3 Å². The fourth-order valence-corrected chi connectivity index (χ4v) is 1.55. The lowest BCUT2D eigenvalue weighted by atomic mass is 10.2. The summed E-state index contributed by atoms with van der Waals surface area (Å²) in [5.74, 6) is -1.19. The number of halogens is 1. The molecule has 1 amide bonds. The van der Waals surface area contributed by atoms with Gasteiger partial charge in [0, 0.05) is 17.7 Å². The minimum absolute atomic E-state index is 0.168. The number of nitrogens with zero attached hydrogens (tertiary/aromatic N) is 1. The standard InChI is InChI=1S/C13H9FN2O3/c14-10-6-7-12(16(18)19)11(8-10)15-13(17)9-4-2-1-3-5-9/h1-8H,(H,15,17). The third kappa shape index (κ3) is 2.92. The maximum Gasteiger partial charge on any atom is 0.292 e. The molecule has 6 heteroatoms. The van der Waals surface area contributed by atoms with Gasteiger partial charge in [-0.25, -0.2) is 4.39 Å². The van der Waals surface area contributed by atoms with E-state index in [1.165, 1.54) is 0 Å². The first-order valence-electron chi connectivity index (χ1n) is 5.38. The maximum absolute atomic E-state index is 13.1. The van der Waals surface area contributed by atoms with E-state index < -0.39 is 16.6 Å². The van der Waals surface area contributed by atoms with Crippen LogP contribution < -0.4 is 5.32 Å². The van der Waals surface area contributed by atoms with Crippen molar-refractivity contribution in [2.24, 2.45) is 0 Å². The van der Waals surface area contributed by atoms with Crippen LogP contribution in [0.15, 0.2) is 48.5 Å². The molecule has 0 aliphatic rings. The number of hydrogen-bond donors (Lipinski definition) is 1. The van der Waals surface area contributed by atoms with Crippen LogP contribution >= 0.6 is 0 Å². The van der Waals surface area contributed by atoms with Crippen molar-refractivity contribution in [2.75, 3.05) is 5.32 Å². The summed E-state index contributed by atoms with van der Waals surface area (Å²) in [6.45, 7) is 0. The van der Waals surface area contributed by atoms with Gasteiger partial charge in [0.05, 0.1) is 4.92 Å². The van der Waals surface area contributed by atoms with Gasteiger partial charge in [0.15, 0.2) is 0 Å². The molecular formula is C13H9FN2O3. The van der Waals surface area contributed by atoms with Gasteiger partial charge in [-0.1, -0.05) is 18.2 Å². The summed E-state index contributed by atoms with van der Waals surface area (Å²) >= 11 is 0. The van der Waals surface area contributed by atoms with Crippen molar-refractivity contribution in [3.63, 3.8) is 0 Å². The summed E-state index contributed by atoms with van der Waals surface area (Å²) in [4.78, 5) is 21.9. The zero-order chi connectivity index (χ0) is 13.8. The largest absolute Gasteiger partial charge is 0.316 e. The van der Waals surface area contributed by atoms with Gasteiger partial charge >= 0.3 is 0 Å². The van der Waals surface area contributed by atoms with E-state index in [1.807, 2.05) is 0 Å². The van der Waals surface area contributed by atoms with E-state index >= 15 is 0 Å². The number of nitrogens with one attached hydrogen (secondary N) is 1. The lowest BCUT2D eigenvalue weighted by Gasteiger charge is -2.06. The van der Waals surface area contributed by atoms with Gasteiger partial charge in [0.1, 0.15) is 11.5 Å². The predicted molar refractivity (Wildman–Crippen MR) is 67.4 cm³/mol. The zero-order valence-electron chi connectivity index (χ0n) is 9.67. The lowest BCUT2D eigenvalue weighted by Crippen LogP contribution is -2.13. The fourth-order valence-electron chi connectivity index (χ4n) is 1.55. The van der Waals surface area contributed by atoms with E-state index in [1.54, 1.807) is 30.3 Å². The average Bonchev–Trinajstić information content (AvgIpc) is 2.39. The Morgan fingerprint density at radius 3 is 2.47 bits per heavy atom. The number of amides is 1. The molecule has 0 aliphatic heterocycles. The van der Waals surface area contributed by atoms with Crippen LogP contribution in [0.5, 0.6) is 0 Å². The van der Waals surface area contributed by atoms with Gasteiger partial charge in [0.25, 0.3) is 11.6 Å². The molecule has 96 valence electrons. The van der Waals surface area contributed by atoms with Crippen LogP contribution in [0.4, 0.5) is 15.8 Å². The summed E-state index contributed by atoms with van der Waals surface area (Å²) in [7, 11) is 0. The summed E-state index contributed by atoms with van der Waals surface area (Å²) in [5, 5.41) is 13.1. The summed E-state index contributed by atoms with van der Waals surface area (Å²) in [6, 6.07) is 11.1. The lowest BCUT2D eigenvalue weighted by molar-refractivity contribution is -0.384. The monoisotopic (exact) mass is 260 g/mol. The molecule has 1 N–H and O–H groups in total. The molecular weight excluding hydrogens is 251 g/mol. The second kappa shape index (κ2) is 5.26. The van der Waals surface area contributed by atoms with Gasteiger partial charge in [-0.05, 0) is 18.2 Å². The highest BCUT2D eigenvalue weighted by molar-refractivity contribution is 6.05. The first-order chi connectivity index (χ1) is 9.08. The summed E-state index contributed by atoms with van der Waals surface area (Å²) in [5.41, 5.74) is -0.189. The van der Waals surface area contributed by atoms with Crippen LogP contribution in [-0.4, -0.2) is 10.8 Å². The zero-order valence-corrected chi connectivity index (χ0v) is 9.67. The van der Waals surface area contributed by atoms with Gasteiger partial charge in [-0.15, -0.1) is 0 Å². The van der Waals surface area contributed by atoms with Crippen molar-refractivity contribution >= 4 is 17.3 Å². The van der Waals surface area contributed by atoms with Crippen molar-refractivity contribution in [2.45, 2.75) is 0 Å². The molecule has 2 aromatic rings. The van der Waals surface area contributed by atoms with Gasteiger partial charge in [-0.3, -0.25) is 14.9 Å². The fraction of sp³-hybridized carbons (Fsp3) is 0. The second-order valence-electron chi connectivity index (χ2n) is 3.74. The van der Waals surface area contributed by atoms with Crippen molar-refractivity contribution in [3.8, 4) is 0 Å². The number of hydrogen-bond acceptors (Lipinski definition) is 3. The molecule has 0 bridgehead atoms. The molecule has 2 rings (SSSR count). The van der Waals surface area contributed by atoms with Crippen LogP contribution in [0.3, 0.4) is 0 Å². The molecule has 19 heavy (non-hydrogen) atoms. The quantitative estimate of drug-likeness (QED) is 0.681. The molecule has 0 saturated carbocycles. The molecule has 0 fully saturated rings. The van der Waals surface area contributed by atoms with E-state index in [4.69, 9.17) is 0 Å². The molecule has 0 aromatic heterocycles. The van der Waals surface area contributed by atoms with E-state index in [0.717, 1.165) is 18.2 Å². The first-order valence-corrected chi connectivity index (χ1v) is 5.38. The van der Waals surface area contributed by atoms with Crippen LogP contribution in [0.1, 0.15) is 10.4 Å². The minimum Gasteiger partial charge on any atom is -0.316 e. The van der Waals surface area contributed by atoms with E-state index in [0.29, 0.717) is 5.56 Å². The second-order valence-corrected chi connectivity index (χ2v) is 3.74. The average molecular weight is 260 g/mol. The Morgan fingerprint density at radius 1 is 1.16 bits per heavy atom. The van der Waals surface area contributed by atoms with Gasteiger partial charge < -0.3 is 5.32 Å². The van der Waals surface area contributed by atoms with Crippen LogP contribution in [0.2, 0.25) is 0 Å². The summed E-state index contributed by atoms with van der Waals surface area (Å²) in [6.07, 6.45) is 0. The Hall–Kier alpha value is -2.76. The molecule has 2 aromatic carbocycles. The molecule has 0 aliphatic carbocycles. The Bertz CT molecular complexity index is 629. The van der Waals surface area contributed by atoms with E-state index in [-0.39, 0.29) is 11.4 Å². The molecule has 0 saturated heterocycles. The van der Waals surface area contributed by atoms with Gasteiger partial charge in [0.2, 0.25) is 0 Å². The maximum atomic E-state index is 13.1. The number of benzene rings is 2. The summed E-state index contributed by atoms with van der Waals surface area (Å²) < 4.78 is 13.1. The topological polar surface area (TPSA) is 72.2 Å². The first kappa shape index (κ1) is 12.7. The third-order valence-corrected chi connectivity index (χ3v) is 2.44. The van der Waals surface area contributed by atoms with Crippen molar-refractivity contribution < 1.29 is 14.1 Å². The normalized spacial score (nSPS) is 9.95. The highest BCUT2D eigenvalue weighted by Crippen LogP contribution is 2.25. The Labute approximate surface area is 107 Å². The van der Waals surface area contributed by atoms with Crippen LogP contribution in [-0.2, 0) is 0 Å². The van der Waals surface area contributed by atoms with Crippen LogP contribution in [0.25, 0.3) is 0 Å². The number of carbonyl (C=O) groups is 1. The number of carbonyl (C=O) groups excluding carboxylic acids is 1. The third-order valence-electron chi connectivity index (χ3n) is 2.44. The molecule has 0 radical (unpaired) electrons. The number of rotatable bonds is 3. The Kier molecular flexibility index (Phi) is 3.51. The molecule has 0 heterocycles. The Morgan fingerprint density at radius 2 is 1.84 bits per heavy atom. The number of anilines is 1. The van der Waals surface area contributed by atoms with E-state index in [2.05, 4.69) is 5.32 Å². The van der Waals surface area contributed by atoms with Crippen molar-refractivity contribution in [3.05, 3.63) is 70.0 Å². The molecule has 0 spiro atoms. The minimum atomic E-state index is -0.681. The van der Waals surface area contributed by atoms with Crippen molar-refractivity contribution in [1.29, 1.82) is 0 Å². The Balaban J connectivity index is 2.31. The number of nitro benzene ring substituents is 1. The smallest absolute Gasteiger partial charge is 0.292 e. The molecule has 5 nitrogen and oxygen atoms in total. The predicted octanol–water partition coefficient (Wildman–Crippen LogP) is 2.99. The number of nitro groups is 1.